The summed E-state index contributed by atoms with van der Waals surface area (Å²) in [6, 6.07) is 5.55. The van der Waals surface area contributed by atoms with Crippen LogP contribution >= 0.6 is 0 Å². The number of ether oxygens (including phenoxy) is 2. The highest BCUT2D eigenvalue weighted by Crippen LogP contribution is 2.30. The van der Waals surface area contributed by atoms with Crippen molar-refractivity contribution in [3.8, 4) is 5.75 Å². The molecule has 0 saturated carbocycles. The smallest absolute Gasteiger partial charge is 0.229 e. The van der Waals surface area contributed by atoms with Crippen LogP contribution in [0.2, 0.25) is 0 Å². The maximum absolute atomic E-state index is 9.98. The Morgan fingerprint density at radius 2 is 1.65 bits per heavy atom. The SMILES string of the molecule is CC.CC.CCc1ccc(OC2OC(CO)C(O)C(O)C2O)c(NC)c1. The first-order valence-corrected chi connectivity index (χ1v) is 9.29. The summed E-state index contributed by atoms with van der Waals surface area (Å²) in [5, 5.41) is 41.7. The maximum Gasteiger partial charge on any atom is 0.229 e. The highest BCUT2D eigenvalue weighted by molar-refractivity contribution is 5.57. The van der Waals surface area contributed by atoms with Gasteiger partial charge in [-0.3, -0.25) is 0 Å². The van der Waals surface area contributed by atoms with Gasteiger partial charge in [0.2, 0.25) is 6.29 Å². The predicted octanol–water partition coefficient (Wildman–Crippen LogP) is 1.52. The van der Waals surface area contributed by atoms with Crippen LogP contribution in [0.4, 0.5) is 5.69 Å². The van der Waals surface area contributed by atoms with Gasteiger partial charge < -0.3 is 35.2 Å². The molecule has 2 rings (SSSR count). The number of aliphatic hydroxyl groups is 4. The van der Waals surface area contributed by atoms with Crippen molar-refractivity contribution in [3.63, 3.8) is 0 Å². The summed E-state index contributed by atoms with van der Waals surface area (Å²) in [5.41, 5.74) is 1.84. The zero-order valence-electron chi connectivity index (χ0n) is 16.6. The van der Waals surface area contributed by atoms with Crippen LogP contribution in [0.15, 0.2) is 18.2 Å². The minimum atomic E-state index is -1.45. The molecule has 0 radical (unpaired) electrons. The Balaban J connectivity index is 0.00000146. The van der Waals surface area contributed by atoms with Gasteiger partial charge in [0.25, 0.3) is 0 Å². The van der Waals surface area contributed by atoms with Crippen LogP contribution in [-0.4, -0.2) is 64.8 Å². The summed E-state index contributed by atoms with van der Waals surface area (Å²) < 4.78 is 11.0. The van der Waals surface area contributed by atoms with Gasteiger partial charge in [-0.2, -0.15) is 0 Å². The van der Waals surface area contributed by atoms with Crippen molar-refractivity contribution in [1.82, 2.24) is 0 Å². The largest absolute Gasteiger partial charge is 0.460 e. The molecule has 5 atom stereocenters. The normalized spacial score (nSPS) is 27.4. The van der Waals surface area contributed by atoms with Crippen LogP contribution in [-0.2, 0) is 11.2 Å². The lowest BCUT2D eigenvalue weighted by Crippen LogP contribution is -2.60. The monoisotopic (exact) mass is 373 g/mol. The number of rotatable bonds is 5. The summed E-state index contributed by atoms with van der Waals surface area (Å²) in [7, 11) is 1.74. The van der Waals surface area contributed by atoms with Crippen LogP contribution in [0, 0.1) is 0 Å². The molecule has 5 N–H and O–H groups in total. The Morgan fingerprint density at radius 1 is 1.04 bits per heavy atom. The van der Waals surface area contributed by atoms with Crippen LogP contribution in [0.5, 0.6) is 5.75 Å². The molecule has 1 aliphatic heterocycles. The number of aryl methyl sites for hydroxylation is 1. The van der Waals surface area contributed by atoms with Crippen LogP contribution < -0.4 is 10.1 Å². The third-order valence-electron chi connectivity index (χ3n) is 3.81. The fourth-order valence-electron chi connectivity index (χ4n) is 2.39. The number of hydrogen-bond acceptors (Lipinski definition) is 7. The molecule has 0 amide bonds. The Morgan fingerprint density at radius 3 is 2.15 bits per heavy atom. The quantitative estimate of drug-likeness (QED) is 0.532. The van der Waals surface area contributed by atoms with Gasteiger partial charge in [0.15, 0.2) is 0 Å². The second-order valence-electron chi connectivity index (χ2n) is 5.25. The zero-order valence-corrected chi connectivity index (χ0v) is 16.6. The van der Waals surface area contributed by atoms with E-state index in [0.29, 0.717) is 5.75 Å². The first-order valence-electron chi connectivity index (χ1n) is 9.29. The van der Waals surface area contributed by atoms with Crippen molar-refractivity contribution >= 4 is 5.69 Å². The molecule has 26 heavy (non-hydrogen) atoms. The molecule has 0 aliphatic carbocycles. The van der Waals surface area contributed by atoms with Gasteiger partial charge in [0, 0.05) is 7.05 Å². The Kier molecular flexibility index (Phi) is 12.2. The minimum Gasteiger partial charge on any atom is -0.460 e. The topological polar surface area (TPSA) is 111 Å². The van der Waals surface area contributed by atoms with Crippen molar-refractivity contribution < 1.29 is 29.9 Å². The van der Waals surface area contributed by atoms with Crippen molar-refractivity contribution in [1.29, 1.82) is 0 Å². The molecule has 1 heterocycles. The molecule has 7 heteroatoms. The van der Waals surface area contributed by atoms with E-state index in [0.717, 1.165) is 17.7 Å². The second-order valence-corrected chi connectivity index (χ2v) is 5.25. The predicted molar refractivity (Wildman–Crippen MR) is 102 cm³/mol. The van der Waals surface area contributed by atoms with E-state index in [-0.39, 0.29) is 0 Å². The standard InChI is InChI=1S/C15H23NO6.2C2H6/c1-3-8-4-5-10(9(6-8)16-2)21-15-14(20)13(19)12(18)11(7-17)22-15;2*1-2/h4-6,11-20H,3,7H2,1-2H3;2*1-2H3. The molecular formula is C19H35NO6. The molecule has 7 nitrogen and oxygen atoms in total. The van der Waals surface area contributed by atoms with E-state index in [1.807, 2.05) is 46.8 Å². The van der Waals surface area contributed by atoms with Crippen molar-refractivity contribution in [2.75, 3.05) is 19.0 Å². The van der Waals surface area contributed by atoms with Gasteiger partial charge >= 0.3 is 0 Å². The van der Waals surface area contributed by atoms with Gasteiger partial charge in [-0.15, -0.1) is 0 Å². The third-order valence-corrected chi connectivity index (χ3v) is 3.81. The molecule has 0 aromatic heterocycles. The van der Waals surface area contributed by atoms with E-state index in [1.165, 1.54) is 0 Å². The lowest BCUT2D eigenvalue weighted by atomic mass is 9.99. The Labute approximate surface area is 156 Å². The molecule has 1 aliphatic rings. The lowest BCUT2D eigenvalue weighted by Gasteiger charge is -2.39. The van der Waals surface area contributed by atoms with E-state index in [2.05, 4.69) is 5.32 Å². The molecule has 0 bridgehead atoms. The third kappa shape index (κ3) is 6.10. The molecule has 1 fully saturated rings. The van der Waals surface area contributed by atoms with Gasteiger partial charge in [0.05, 0.1) is 12.3 Å². The highest BCUT2D eigenvalue weighted by Gasteiger charge is 2.44. The van der Waals surface area contributed by atoms with Crippen LogP contribution in [0.25, 0.3) is 0 Å². The molecule has 1 saturated heterocycles. The summed E-state index contributed by atoms with van der Waals surface area (Å²) in [4.78, 5) is 0. The van der Waals surface area contributed by atoms with Gasteiger partial charge in [-0.05, 0) is 24.1 Å². The number of hydrogen-bond donors (Lipinski definition) is 5. The number of benzene rings is 1. The number of anilines is 1. The number of nitrogens with one attached hydrogen (secondary N) is 1. The average Bonchev–Trinajstić information content (AvgIpc) is 2.71. The molecule has 0 spiro atoms. The minimum absolute atomic E-state index is 0.448. The van der Waals surface area contributed by atoms with Crippen molar-refractivity contribution in [3.05, 3.63) is 23.8 Å². The van der Waals surface area contributed by atoms with E-state index in [1.54, 1.807) is 13.1 Å². The summed E-state index contributed by atoms with van der Waals surface area (Å²) in [6.07, 6.45) is -5.58. The summed E-state index contributed by atoms with van der Waals surface area (Å²) in [6.45, 7) is 9.55. The lowest BCUT2D eigenvalue weighted by molar-refractivity contribution is -0.277. The average molecular weight is 373 g/mol. The van der Waals surface area contributed by atoms with E-state index >= 15 is 0 Å². The van der Waals surface area contributed by atoms with E-state index < -0.39 is 37.3 Å². The van der Waals surface area contributed by atoms with Gasteiger partial charge in [0.1, 0.15) is 30.2 Å². The zero-order chi connectivity index (χ0) is 20.3. The first kappa shape index (κ1) is 24.6. The fourth-order valence-corrected chi connectivity index (χ4v) is 2.39. The summed E-state index contributed by atoms with van der Waals surface area (Å²) >= 11 is 0. The van der Waals surface area contributed by atoms with Gasteiger partial charge in [-0.25, -0.2) is 0 Å². The summed E-state index contributed by atoms with van der Waals surface area (Å²) in [5.74, 6) is 0.448. The molecule has 5 unspecified atom stereocenters. The van der Waals surface area contributed by atoms with Crippen molar-refractivity contribution in [2.24, 2.45) is 0 Å². The Bertz CT molecular complexity index is 497. The van der Waals surface area contributed by atoms with Crippen LogP contribution in [0.1, 0.15) is 40.2 Å². The van der Waals surface area contributed by atoms with Crippen LogP contribution in [0.3, 0.4) is 0 Å². The Hall–Kier alpha value is -1.38. The molecular weight excluding hydrogens is 338 g/mol. The molecule has 1 aromatic carbocycles. The van der Waals surface area contributed by atoms with Crippen molar-refractivity contribution in [2.45, 2.75) is 71.7 Å². The second kappa shape index (κ2) is 12.9. The van der Waals surface area contributed by atoms with E-state index in [4.69, 9.17) is 9.47 Å². The first-order chi connectivity index (χ1) is 12.5. The fraction of sp³-hybridized carbons (Fsp3) is 0.684. The highest BCUT2D eigenvalue weighted by atomic mass is 16.7. The number of aliphatic hydroxyl groups excluding tert-OH is 4. The van der Waals surface area contributed by atoms with E-state index in [9.17, 15) is 20.4 Å². The molecule has 1 aromatic rings. The van der Waals surface area contributed by atoms with Gasteiger partial charge in [-0.1, -0.05) is 40.7 Å². The maximum atomic E-state index is 9.98. The molecule has 152 valence electrons.